The van der Waals surface area contributed by atoms with Gasteiger partial charge in [0, 0.05) is 37.6 Å². The second kappa shape index (κ2) is 6.80. The molecule has 3 N–H and O–H groups in total. The normalized spacial score (nSPS) is 11.6. The minimum Gasteiger partial charge on any atom is -0.399 e. The Morgan fingerprint density at radius 2 is 1.84 bits per heavy atom. The third-order valence-electron chi connectivity index (χ3n) is 3.51. The van der Waals surface area contributed by atoms with E-state index in [0.29, 0.717) is 12.0 Å². The molecule has 3 nitrogen and oxygen atoms in total. The molecule has 0 amide bonds. The van der Waals surface area contributed by atoms with Crippen LogP contribution in [-0.4, -0.2) is 24.5 Å². The van der Waals surface area contributed by atoms with E-state index in [1.165, 1.54) is 11.1 Å². The molecule has 1 aromatic rings. The van der Waals surface area contributed by atoms with Gasteiger partial charge in [0.15, 0.2) is 0 Å². The summed E-state index contributed by atoms with van der Waals surface area (Å²) in [6, 6.07) is 4.65. The average molecular weight is 263 g/mol. The third-order valence-corrected chi connectivity index (χ3v) is 3.51. The van der Waals surface area contributed by atoms with Crippen molar-refractivity contribution in [2.75, 3.05) is 24.6 Å². The highest BCUT2D eigenvalue weighted by Gasteiger charge is 2.14. The van der Waals surface area contributed by atoms with Gasteiger partial charge in [-0.3, -0.25) is 4.90 Å². The number of nitrogens with one attached hydrogen (secondary N) is 1. The minimum atomic E-state index is 0.543. The van der Waals surface area contributed by atoms with E-state index in [0.717, 1.165) is 24.5 Å². The molecule has 0 heterocycles. The van der Waals surface area contributed by atoms with E-state index in [1.807, 2.05) is 13.1 Å². The van der Waals surface area contributed by atoms with Crippen LogP contribution in [0, 0.1) is 12.8 Å². The highest BCUT2D eigenvalue weighted by atomic mass is 15.1. The highest BCUT2D eigenvalue weighted by Crippen LogP contribution is 2.24. The quantitative estimate of drug-likeness (QED) is 0.772. The van der Waals surface area contributed by atoms with Crippen LogP contribution >= 0.6 is 0 Å². The predicted octanol–water partition coefficient (Wildman–Crippen LogP) is 3.49. The molecule has 0 saturated heterocycles. The van der Waals surface area contributed by atoms with Crippen molar-refractivity contribution in [2.45, 2.75) is 47.2 Å². The molecule has 0 aliphatic carbocycles. The van der Waals surface area contributed by atoms with Gasteiger partial charge in [0.1, 0.15) is 0 Å². The molecule has 0 fully saturated rings. The number of nitrogens with two attached hydrogens (primary N) is 1. The standard InChI is InChI=1S/C16H29N3/c1-11(2)9-19(12(3)4)10-14-7-15(17)8-16(18-6)13(14)5/h7-8,11-12,18H,9-10,17H2,1-6H3. The Labute approximate surface area is 118 Å². The number of hydrogen-bond donors (Lipinski definition) is 2. The predicted molar refractivity (Wildman–Crippen MR) is 85.5 cm³/mol. The van der Waals surface area contributed by atoms with Gasteiger partial charge in [-0.15, -0.1) is 0 Å². The van der Waals surface area contributed by atoms with E-state index < -0.39 is 0 Å². The maximum absolute atomic E-state index is 6.00. The summed E-state index contributed by atoms with van der Waals surface area (Å²) in [5.74, 6) is 0.674. The first-order valence-corrected chi connectivity index (χ1v) is 7.16. The van der Waals surface area contributed by atoms with Gasteiger partial charge in [0.25, 0.3) is 0 Å². The third kappa shape index (κ3) is 4.43. The summed E-state index contributed by atoms with van der Waals surface area (Å²) in [6.45, 7) is 13.3. The lowest BCUT2D eigenvalue weighted by Crippen LogP contribution is -2.33. The van der Waals surface area contributed by atoms with Crippen LogP contribution in [0.4, 0.5) is 11.4 Å². The van der Waals surface area contributed by atoms with Crippen molar-refractivity contribution in [1.29, 1.82) is 0 Å². The summed E-state index contributed by atoms with van der Waals surface area (Å²) in [4.78, 5) is 2.51. The van der Waals surface area contributed by atoms with Crippen LogP contribution in [-0.2, 0) is 6.54 Å². The topological polar surface area (TPSA) is 41.3 Å². The molecular formula is C16H29N3. The fourth-order valence-electron chi connectivity index (χ4n) is 2.37. The molecule has 0 radical (unpaired) electrons. The van der Waals surface area contributed by atoms with Gasteiger partial charge >= 0.3 is 0 Å². The molecule has 0 unspecified atom stereocenters. The maximum Gasteiger partial charge on any atom is 0.0391 e. The summed E-state index contributed by atoms with van der Waals surface area (Å²) in [6.07, 6.45) is 0. The van der Waals surface area contributed by atoms with Gasteiger partial charge in [0.05, 0.1) is 0 Å². The van der Waals surface area contributed by atoms with Crippen LogP contribution in [0.3, 0.4) is 0 Å². The van der Waals surface area contributed by atoms with Crippen LogP contribution in [0.5, 0.6) is 0 Å². The van der Waals surface area contributed by atoms with E-state index in [2.05, 4.69) is 50.9 Å². The Balaban J connectivity index is 2.99. The number of nitrogens with zero attached hydrogens (tertiary/aromatic N) is 1. The fraction of sp³-hybridized carbons (Fsp3) is 0.625. The fourth-order valence-corrected chi connectivity index (χ4v) is 2.37. The van der Waals surface area contributed by atoms with E-state index in [-0.39, 0.29) is 0 Å². The lowest BCUT2D eigenvalue weighted by molar-refractivity contribution is 0.189. The van der Waals surface area contributed by atoms with Crippen molar-refractivity contribution in [3.63, 3.8) is 0 Å². The van der Waals surface area contributed by atoms with Crippen molar-refractivity contribution in [1.82, 2.24) is 4.90 Å². The smallest absolute Gasteiger partial charge is 0.0391 e. The van der Waals surface area contributed by atoms with Crippen molar-refractivity contribution in [2.24, 2.45) is 5.92 Å². The molecule has 3 heteroatoms. The van der Waals surface area contributed by atoms with E-state index in [4.69, 9.17) is 5.73 Å². The molecule has 0 aromatic heterocycles. The van der Waals surface area contributed by atoms with Crippen LogP contribution in [0.15, 0.2) is 12.1 Å². The number of rotatable bonds is 6. The first kappa shape index (κ1) is 15.8. The Morgan fingerprint density at radius 3 is 2.32 bits per heavy atom. The first-order valence-electron chi connectivity index (χ1n) is 7.16. The first-order chi connectivity index (χ1) is 8.85. The molecule has 0 aliphatic heterocycles. The molecule has 0 atom stereocenters. The average Bonchev–Trinajstić information content (AvgIpc) is 2.31. The van der Waals surface area contributed by atoms with E-state index in [9.17, 15) is 0 Å². The second-order valence-corrected chi connectivity index (χ2v) is 6.02. The van der Waals surface area contributed by atoms with Gasteiger partial charge in [-0.05, 0) is 49.9 Å². The molecule has 1 aromatic carbocycles. The highest BCUT2D eigenvalue weighted by molar-refractivity contribution is 5.62. The molecule has 1 rings (SSSR count). The molecule has 19 heavy (non-hydrogen) atoms. The minimum absolute atomic E-state index is 0.543. The van der Waals surface area contributed by atoms with Crippen molar-refractivity contribution < 1.29 is 0 Å². The molecule has 0 bridgehead atoms. The largest absolute Gasteiger partial charge is 0.399 e. The van der Waals surface area contributed by atoms with Crippen LogP contribution in [0.25, 0.3) is 0 Å². The SMILES string of the molecule is CNc1cc(N)cc(CN(CC(C)C)C(C)C)c1C. The Bertz CT molecular complexity index is 411. The van der Waals surface area contributed by atoms with E-state index in [1.54, 1.807) is 0 Å². The monoisotopic (exact) mass is 263 g/mol. The molecule has 0 spiro atoms. The second-order valence-electron chi connectivity index (χ2n) is 6.02. The number of anilines is 2. The van der Waals surface area contributed by atoms with Gasteiger partial charge in [-0.1, -0.05) is 13.8 Å². The summed E-state index contributed by atoms with van der Waals surface area (Å²) in [5.41, 5.74) is 10.6. The molecular weight excluding hydrogens is 234 g/mol. The van der Waals surface area contributed by atoms with Crippen LogP contribution in [0.2, 0.25) is 0 Å². The van der Waals surface area contributed by atoms with Gasteiger partial charge < -0.3 is 11.1 Å². The Kier molecular flexibility index (Phi) is 5.67. The van der Waals surface area contributed by atoms with Gasteiger partial charge in [-0.2, -0.15) is 0 Å². The van der Waals surface area contributed by atoms with Crippen molar-refractivity contribution in [3.05, 3.63) is 23.3 Å². The lowest BCUT2D eigenvalue weighted by Gasteiger charge is -2.29. The van der Waals surface area contributed by atoms with Crippen molar-refractivity contribution >= 4 is 11.4 Å². The summed E-state index contributed by atoms with van der Waals surface area (Å²) < 4.78 is 0. The lowest BCUT2D eigenvalue weighted by atomic mass is 10.0. The van der Waals surface area contributed by atoms with Crippen LogP contribution in [0.1, 0.15) is 38.8 Å². The van der Waals surface area contributed by atoms with Crippen LogP contribution < -0.4 is 11.1 Å². The number of hydrogen-bond acceptors (Lipinski definition) is 3. The zero-order valence-electron chi connectivity index (χ0n) is 13.2. The summed E-state index contributed by atoms with van der Waals surface area (Å²) in [7, 11) is 1.94. The molecule has 0 saturated carbocycles. The number of nitrogen functional groups attached to an aromatic ring is 1. The van der Waals surface area contributed by atoms with Gasteiger partial charge in [0.2, 0.25) is 0 Å². The Morgan fingerprint density at radius 1 is 1.21 bits per heavy atom. The summed E-state index contributed by atoms with van der Waals surface area (Å²) in [5, 5.41) is 3.22. The maximum atomic E-state index is 6.00. The zero-order chi connectivity index (χ0) is 14.6. The van der Waals surface area contributed by atoms with E-state index >= 15 is 0 Å². The molecule has 0 aliphatic rings. The summed E-state index contributed by atoms with van der Waals surface area (Å²) >= 11 is 0. The molecule has 108 valence electrons. The van der Waals surface area contributed by atoms with Crippen molar-refractivity contribution in [3.8, 4) is 0 Å². The van der Waals surface area contributed by atoms with Gasteiger partial charge in [-0.25, -0.2) is 0 Å². The Hall–Kier alpha value is -1.22. The zero-order valence-corrected chi connectivity index (χ0v) is 13.2. The number of benzene rings is 1.